The molecule has 0 spiro atoms. The molecule has 0 heterocycles. The summed E-state index contributed by atoms with van der Waals surface area (Å²) in [5.74, 6) is -0.427. The number of anilines is 1. The van der Waals surface area contributed by atoms with E-state index in [0.717, 1.165) is 32.1 Å². The molecular formula is C15H23N3O3. The van der Waals surface area contributed by atoms with E-state index in [-0.39, 0.29) is 17.3 Å². The number of benzene rings is 1. The first-order valence-electron chi connectivity index (χ1n) is 7.34. The molecule has 1 aromatic rings. The third kappa shape index (κ3) is 5.06. The number of nitro benzene ring substituents is 1. The van der Waals surface area contributed by atoms with Crippen LogP contribution in [0.2, 0.25) is 0 Å². The van der Waals surface area contributed by atoms with Gasteiger partial charge >= 0.3 is 0 Å². The lowest BCUT2D eigenvalue weighted by Crippen LogP contribution is -2.35. The Labute approximate surface area is 124 Å². The third-order valence-corrected chi connectivity index (χ3v) is 3.34. The van der Waals surface area contributed by atoms with Crippen molar-refractivity contribution >= 4 is 17.3 Å². The van der Waals surface area contributed by atoms with Gasteiger partial charge < -0.3 is 11.1 Å². The van der Waals surface area contributed by atoms with E-state index in [1.165, 1.54) is 18.2 Å². The summed E-state index contributed by atoms with van der Waals surface area (Å²) in [5, 5.41) is 13.9. The van der Waals surface area contributed by atoms with Gasteiger partial charge in [0.1, 0.15) is 5.56 Å². The van der Waals surface area contributed by atoms with Crippen LogP contribution < -0.4 is 11.1 Å². The fourth-order valence-electron chi connectivity index (χ4n) is 2.25. The standard InChI is InChI=1S/C15H23N3O3/c1-3-5-7-12(6-4-2)17-15(19)13-10-11(16)8-9-14(13)18(20)21/h8-10,12H,3-7,16H2,1-2H3,(H,17,19). The van der Waals surface area contributed by atoms with Crippen molar-refractivity contribution in [2.45, 2.75) is 52.0 Å². The predicted octanol–water partition coefficient (Wildman–Crippen LogP) is 3.27. The number of carbonyl (C=O) groups excluding carboxylic acids is 1. The summed E-state index contributed by atoms with van der Waals surface area (Å²) in [6, 6.07) is 4.10. The zero-order valence-electron chi connectivity index (χ0n) is 12.6. The lowest BCUT2D eigenvalue weighted by atomic mass is 10.0. The van der Waals surface area contributed by atoms with Crippen LogP contribution in [0, 0.1) is 10.1 Å². The van der Waals surface area contributed by atoms with Crippen molar-refractivity contribution in [1.82, 2.24) is 5.32 Å². The van der Waals surface area contributed by atoms with Crippen LogP contribution in [0.25, 0.3) is 0 Å². The van der Waals surface area contributed by atoms with Crippen LogP contribution in [0.3, 0.4) is 0 Å². The molecule has 6 nitrogen and oxygen atoms in total. The Kier molecular flexibility index (Phi) is 6.65. The number of hydrogen-bond acceptors (Lipinski definition) is 4. The van der Waals surface area contributed by atoms with Gasteiger partial charge in [0.05, 0.1) is 4.92 Å². The molecule has 6 heteroatoms. The quantitative estimate of drug-likeness (QED) is 0.436. The first-order valence-corrected chi connectivity index (χ1v) is 7.34. The number of nitrogens with two attached hydrogens (primary N) is 1. The average molecular weight is 293 g/mol. The second-order valence-corrected chi connectivity index (χ2v) is 5.13. The second kappa shape index (κ2) is 8.24. The van der Waals surface area contributed by atoms with E-state index in [2.05, 4.69) is 12.2 Å². The molecule has 3 N–H and O–H groups in total. The van der Waals surface area contributed by atoms with Crippen LogP contribution in [0.4, 0.5) is 11.4 Å². The van der Waals surface area contributed by atoms with Gasteiger partial charge in [-0.3, -0.25) is 14.9 Å². The molecule has 1 rings (SSSR count). The SMILES string of the molecule is CCCCC(CCC)NC(=O)c1cc(N)ccc1[N+](=O)[O-]. The minimum Gasteiger partial charge on any atom is -0.399 e. The topological polar surface area (TPSA) is 98.3 Å². The zero-order valence-corrected chi connectivity index (χ0v) is 12.6. The van der Waals surface area contributed by atoms with E-state index < -0.39 is 10.8 Å². The van der Waals surface area contributed by atoms with Gasteiger partial charge in [-0.05, 0) is 25.0 Å². The Hall–Kier alpha value is -2.11. The van der Waals surface area contributed by atoms with E-state index >= 15 is 0 Å². The average Bonchev–Trinajstić information content (AvgIpc) is 2.44. The summed E-state index contributed by atoms with van der Waals surface area (Å²) in [5.41, 5.74) is 5.78. The first-order chi connectivity index (χ1) is 9.99. The Balaban J connectivity index is 2.90. The van der Waals surface area contributed by atoms with Gasteiger partial charge in [-0.25, -0.2) is 0 Å². The van der Waals surface area contributed by atoms with Crippen LogP contribution in [0.1, 0.15) is 56.3 Å². The summed E-state index contributed by atoms with van der Waals surface area (Å²) in [6.45, 7) is 4.14. The fourth-order valence-corrected chi connectivity index (χ4v) is 2.25. The van der Waals surface area contributed by atoms with E-state index in [0.29, 0.717) is 5.69 Å². The normalized spacial score (nSPS) is 11.9. The summed E-state index contributed by atoms with van der Waals surface area (Å²) < 4.78 is 0. The number of nitro groups is 1. The monoisotopic (exact) mass is 293 g/mol. The number of amides is 1. The zero-order chi connectivity index (χ0) is 15.8. The minimum absolute atomic E-state index is 0.0256. The highest BCUT2D eigenvalue weighted by Gasteiger charge is 2.22. The number of unbranched alkanes of at least 4 members (excludes halogenated alkanes) is 1. The van der Waals surface area contributed by atoms with Crippen molar-refractivity contribution in [1.29, 1.82) is 0 Å². The predicted molar refractivity (Wildman–Crippen MR) is 83.2 cm³/mol. The minimum atomic E-state index is -0.560. The molecule has 1 unspecified atom stereocenters. The number of rotatable bonds is 8. The maximum Gasteiger partial charge on any atom is 0.282 e. The van der Waals surface area contributed by atoms with Crippen molar-refractivity contribution in [3.8, 4) is 0 Å². The van der Waals surface area contributed by atoms with Gasteiger partial charge in [0, 0.05) is 17.8 Å². The lowest BCUT2D eigenvalue weighted by Gasteiger charge is -2.18. The highest BCUT2D eigenvalue weighted by Crippen LogP contribution is 2.21. The van der Waals surface area contributed by atoms with Gasteiger partial charge in [0.2, 0.25) is 0 Å². The number of nitrogens with one attached hydrogen (secondary N) is 1. The molecule has 0 fully saturated rings. The van der Waals surface area contributed by atoms with Gasteiger partial charge in [0.15, 0.2) is 0 Å². The Morgan fingerprint density at radius 3 is 2.62 bits per heavy atom. The summed E-state index contributed by atoms with van der Waals surface area (Å²) in [4.78, 5) is 22.7. The molecule has 0 radical (unpaired) electrons. The molecule has 21 heavy (non-hydrogen) atoms. The Morgan fingerprint density at radius 1 is 1.33 bits per heavy atom. The van der Waals surface area contributed by atoms with E-state index in [4.69, 9.17) is 5.73 Å². The smallest absolute Gasteiger partial charge is 0.282 e. The molecule has 116 valence electrons. The summed E-state index contributed by atoms with van der Waals surface area (Å²) in [6.07, 6.45) is 4.76. The number of hydrogen-bond donors (Lipinski definition) is 2. The molecular weight excluding hydrogens is 270 g/mol. The fraction of sp³-hybridized carbons (Fsp3) is 0.533. The molecule has 1 amide bonds. The number of nitrogens with zero attached hydrogens (tertiary/aromatic N) is 1. The molecule has 1 atom stereocenters. The summed E-state index contributed by atoms with van der Waals surface area (Å²) >= 11 is 0. The van der Waals surface area contributed by atoms with Crippen molar-refractivity contribution in [2.75, 3.05) is 5.73 Å². The van der Waals surface area contributed by atoms with Gasteiger partial charge in [-0.2, -0.15) is 0 Å². The van der Waals surface area contributed by atoms with Crippen LogP contribution in [0.15, 0.2) is 18.2 Å². The highest BCUT2D eigenvalue weighted by atomic mass is 16.6. The molecule has 0 saturated carbocycles. The molecule has 0 aromatic heterocycles. The van der Waals surface area contributed by atoms with Crippen LogP contribution in [-0.4, -0.2) is 16.9 Å². The van der Waals surface area contributed by atoms with Crippen LogP contribution >= 0.6 is 0 Å². The van der Waals surface area contributed by atoms with Crippen LogP contribution in [-0.2, 0) is 0 Å². The lowest BCUT2D eigenvalue weighted by molar-refractivity contribution is -0.385. The van der Waals surface area contributed by atoms with E-state index in [1.807, 2.05) is 6.92 Å². The van der Waals surface area contributed by atoms with Crippen molar-refractivity contribution in [2.24, 2.45) is 0 Å². The Morgan fingerprint density at radius 2 is 2.05 bits per heavy atom. The molecule has 0 saturated heterocycles. The highest BCUT2D eigenvalue weighted by molar-refractivity contribution is 5.99. The molecule has 1 aromatic carbocycles. The molecule has 0 aliphatic carbocycles. The first kappa shape index (κ1) is 16.9. The van der Waals surface area contributed by atoms with E-state index in [1.54, 1.807) is 0 Å². The molecule has 0 aliphatic heterocycles. The number of nitrogen functional groups attached to an aromatic ring is 1. The third-order valence-electron chi connectivity index (χ3n) is 3.34. The van der Waals surface area contributed by atoms with Gasteiger partial charge in [0.25, 0.3) is 11.6 Å². The second-order valence-electron chi connectivity index (χ2n) is 5.13. The van der Waals surface area contributed by atoms with E-state index in [9.17, 15) is 14.9 Å². The van der Waals surface area contributed by atoms with Gasteiger partial charge in [-0.1, -0.05) is 33.1 Å². The number of carbonyl (C=O) groups is 1. The largest absolute Gasteiger partial charge is 0.399 e. The van der Waals surface area contributed by atoms with Crippen molar-refractivity contribution < 1.29 is 9.72 Å². The molecule has 0 aliphatic rings. The molecule has 0 bridgehead atoms. The Bertz CT molecular complexity index is 503. The maximum absolute atomic E-state index is 12.3. The van der Waals surface area contributed by atoms with Gasteiger partial charge in [-0.15, -0.1) is 0 Å². The van der Waals surface area contributed by atoms with Crippen molar-refractivity contribution in [3.63, 3.8) is 0 Å². The maximum atomic E-state index is 12.3. The summed E-state index contributed by atoms with van der Waals surface area (Å²) in [7, 11) is 0. The van der Waals surface area contributed by atoms with Crippen LogP contribution in [0.5, 0.6) is 0 Å². The van der Waals surface area contributed by atoms with Crippen molar-refractivity contribution in [3.05, 3.63) is 33.9 Å².